The van der Waals surface area contributed by atoms with Gasteiger partial charge in [-0.05, 0) is 6.92 Å². The normalized spacial score (nSPS) is 1.86. The van der Waals surface area contributed by atoms with Gasteiger partial charge >= 0.3 is 17.4 Å². The van der Waals surface area contributed by atoms with Gasteiger partial charge in [0.15, 0.2) is 0 Å². The predicted molar refractivity (Wildman–Crippen MR) is 27.4 cm³/mol. The third-order valence-corrected chi connectivity index (χ3v) is 0. The van der Waals surface area contributed by atoms with Gasteiger partial charge in [-0.15, -0.1) is 6.58 Å². The summed E-state index contributed by atoms with van der Waals surface area (Å²) in [5, 5.41) is 0. The SMILES string of the molecule is C=CC.[Al+3].[OH-].[OH-].[OH-]. The zero-order valence-electron chi connectivity index (χ0n) is 4.20. The van der Waals surface area contributed by atoms with Crippen LogP contribution in [0.3, 0.4) is 0 Å². The van der Waals surface area contributed by atoms with Crippen LogP contribution >= 0.6 is 0 Å². The van der Waals surface area contributed by atoms with Gasteiger partial charge in [0.2, 0.25) is 0 Å². The fourth-order valence-corrected chi connectivity index (χ4v) is 0. The van der Waals surface area contributed by atoms with Crippen molar-refractivity contribution in [3.63, 3.8) is 0 Å². The van der Waals surface area contributed by atoms with E-state index in [1.54, 1.807) is 6.08 Å². The summed E-state index contributed by atoms with van der Waals surface area (Å²) in [5.74, 6) is 0. The molecule has 0 aromatic carbocycles. The van der Waals surface area contributed by atoms with E-state index >= 15 is 0 Å². The zero-order chi connectivity index (χ0) is 2.71. The van der Waals surface area contributed by atoms with Crippen LogP contribution in [0.1, 0.15) is 6.92 Å². The van der Waals surface area contributed by atoms with Crippen molar-refractivity contribution >= 4 is 17.4 Å². The summed E-state index contributed by atoms with van der Waals surface area (Å²) in [6, 6.07) is 0. The Morgan fingerprint density at radius 1 is 1.14 bits per heavy atom. The fourth-order valence-electron chi connectivity index (χ4n) is 0. The van der Waals surface area contributed by atoms with E-state index in [9.17, 15) is 0 Å². The summed E-state index contributed by atoms with van der Waals surface area (Å²) in [5.41, 5.74) is 0. The molecule has 0 saturated heterocycles. The molecule has 0 radical (unpaired) electrons. The second-order valence-electron chi connectivity index (χ2n) is 0.408. The molecular formula is C3H9AlO3. The average molecular weight is 120 g/mol. The van der Waals surface area contributed by atoms with Crippen LogP contribution in [0.5, 0.6) is 0 Å². The molecule has 0 saturated carbocycles. The van der Waals surface area contributed by atoms with E-state index in [0.29, 0.717) is 0 Å². The molecule has 0 rings (SSSR count). The summed E-state index contributed by atoms with van der Waals surface area (Å²) in [4.78, 5) is 0. The van der Waals surface area contributed by atoms with Crippen molar-refractivity contribution in [2.24, 2.45) is 0 Å². The molecule has 0 aromatic heterocycles. The quantitative estimate of drug-likeness (QED) is 0.339. The van der Waals surface area contributed by atoms with Gasteiger partial charge in [-0.2, -0.15) is 0 Å². The monoisotopic (exact) mass is 120 g/mol. The molecule has 0 heterocycles. The van der Waals surface area contributed by atoms with E-state index in [0.717, 1.165) is 0 Å². The minimum Gasteiger partial charge on any atom is -0.870 e. The summed E-state index contributed by atoms with van der Waals surface area (Å²) in [6.07, 6.45) is 1.75. The van der Waals surface area contributed by atoms with Gasteiger partial charge in [-0.3, -0.25) is 0 Å². The van der Waals surface area contributed by atoms with Gasteiger partial charge in [0.25, 0.3) is 0 Å². The van der Waals surface area contributed by atoms with Crippen molar-refractivity contribution in [1.29, 1.82) is 0 Å². The Morgan fingerprint density at radius 3 is 1.14 bits per heavy atom. The Balaban J connectivity index is -0.00000000333. The van der Waals surface area contributed by atoms with Gasteiger partial charge in [-0.1, -0.05) is 6.08 Å². The second kappa shape index (κ2) is 123. The molecule has 7 heavy (non-hydrogen) atoms. The Morgan fingerprint density at radius 2 is 1.14 bits per heavy atom. The van der Waals surface area contributed by atoms with Crippen molar-refractivity contribution in [3.05, 3.63) is 12.7 Å². The van der Waals surface area contributed by atoms with Crippen molar-refractivity contribution in [3.8, 4) is 0 Å². The fraction of sp³-hybridized carbons (Fsp3) is 0.333. The molecule has 42 valence electrons. The van der Waals surface area contributed by atoms with Gasteiger partial charge in [0.05, 0.1) is 0 Å². The molecule has 0 aliphatic rings. The number of allylic oxidation sites excluding steroid dienone is 1. The number of hydrogen-bond donors (Lipinski definition) is 0. The van der Waals surface area contributed by atoms with Crippen LogP contribution in [-0.4, -0.2) is 33.8 Å². The van der Waals surface area contributed by atoms with Crippen LogP contribution in [0.15, 0.2) is 12.7 Å². The van der Waals surface area contributed by atoms with Crippen LogP contribution in [0.25, 0.3) is 0 Å². The predicted octanol–water partition coefficient (Wildman–Crippen LogP) is 0.281. The molecule has 0 unspecified atom stereocenters. The standard InChI is InChI=1S/C3H6.Al.3H2O/c1-3-2;;;;/h3H,1H2,2H3;;3*1H2/q;+3;;;/p-3. The minimum atomic E-state index is 0. The molecular weight excluding hydrogens is 111 g/mol. The maximum absolute atomic E-state index is 3.36. The van der Waals surface area contributed by atoms with Crippen LogP contribution in [0, 0.1) is 0 Å². The molecule has 3 nitrogen and oxygen atoms in total. The molecule has 0 aliphatic carbocycles. The zero-order valence-corrected chi connectivity index (χ0v) is 5.36. The molecule has 0 aliphatic heterocycles. The van der Waals surface area contributed by atoms with Crippen molar-refractivity contribution in [2.45, 2.75) is 6.92 Å². The van der Waals surface area contributed by atoms with E-state index in [4.69, 9.17) is 0 Å². The largest absolute Gasteiger partial charge is 3.00 e. The third kappa shape index (κ3) is 4560. The van der Waals surface area contributed by atoms with Crippen LogP contribution < -0.4 is 0 Å². The number of hydrogen-bond acceptors (Lipinski definition) is 3. The van der Waals surface area contributed by atoms with Gasteiger partial charge in [-0.25, -0.2) is 0 Å². The maximum Gasteiger partial charge on any atom is 3.00 e. The first kappa shape index (κ1) is 58.4. The molecule has 0 amide bonds. The Kier molecular flexibility index (Phi) is 1030. The topological polar surface area (TPSA) is 90.0 Å². The van der Waals surface area contributed by atoms with E-state index < -0.39 is 0 Å². The second-order valence-corrected chi connectivity index (χ2v) is 0.408. The molecule has 0 bridgehead atoms. The maximum atomic E-state index is 3.36. The summed E-state index contributed by atoms with van der Waals surface area (Å²) in [6.45, 7) is 5.25. The first-order valence-electron chi connectivity index (χ1n) is 0.986. The van der Waals surface area contributed by atoms with E-state index in [-0.39, 0.29) is 33.8 Å². The Bertz CT molecular complexity index is 17.7. The molecule has 0 spiro atoms. The van der Waals surface area contributed by atoms with Crippen LogP contribution in [0.4, 0.5) is 0 Å². The first-order valence-corrected chi connectivity index (χ1v) is 0.986. The molecule has 4 heteroatoms. The summed E-state index contributed by atoms with van der Waals surface area (Å²) < 4.78 is 0. The van der Waals surface area contributed by atoms with Gasteiger partial charge in [0.1, 0.15) is 0 Å². The molecule has 0 fully saturated rings. The van der Waals surface area contributed by atoms with Crippen molar-refractivity contribution in [1.82, 2.24) is 0 Å². The average Bonchev–Trinajstić information content (AvgIpc) is 0.918. The van der Waals surface area contributed by atoms with Gasteiger partial charge < -0.3 is 16.4 Å². The summed E-state index contributed by atoms with van der Waals surface area (Å²) >= 11 is 0. The number of rotatable bonds is 0. The minimum absolute atomic E-state index is 0. The van der Waals surface area contributed by atoms with Crippen molar-refractivity contribution < 1.29 is 16.4 Å². The van der Waals surface area contributed by atoms with E-state index in [1.807, 2.05) is 6.92 Å². The first-order chi connectivity index (χ1) is 1.41. The van der Waals surface area contributed by atoms with Gasteiger partial charge in [0, 0.05) is 0 Å². The van der Waals surface area contributed by atoms with Crippen molar-refractivity contribution in [2.75, 3.05) is 0 Å². The van der Waals surface area contributed by atoms with Crippen LogP contribution in [-0.2, 0) is 0 Å². The molecule has 0 atom stereocenters. The smallest absolute Gasteiger partial charge is 0.870 e. The molecule has 3 N–H and O–H groups in total. The molecule has 0 aromatic rings. The summed E-state index contributed by atoms with van der Waals surface area (Å²) in [7, 11) is 0. The third-order valence-electron chi connectivity index (χ3n) is 0. The van der Waals surface area contributed by atoms with E-state index in [2.05, 4.69) is 6.58 Å². The van der Waals surface area contributed by atoms with Crippen LogP contribution in [0.2, 0.25) is 0 Å². The Labute approximate surface area is 54.1 Å². The Hall–Kier alpha value is 0.152. The van der Waals surface area contributed by atoms with E-state index in [1.165, 1.54) is 0 Å².